The van der Waals surface area contributed by atoms with Crippen LogP contribution in [0.4, 0.5) is 0 Å². The number of nitrogens with zero attached hydrogens (tertiary/aromatic N) is 1. The predicted molar refractivity (Wildman–Crippen MR) is 60.0 cm³/mol. The van der Waals surface area contributed by atoms with Crippen molar-refractivity contribution >= 4 is 22.6 Å². The van der Waals surface area contributed by atoms with Crippen LogP contribution in [0.25, 0.3) is 0 Å². The second-order valence-corrected chi connectivity index (χ2v) is 5.50. The Hall–Kier alpha value is 0.650. The Morgan fingerprint density at radius 2 is 2.08 bits per heavy atom. The highest BCUT2D eigenvalue weighted by Gasteiger charge is 2.09. The number of halogens is 1. The van der Waals surface area contributed by atoms with Gasteiger partial charge in [0, 0.05) is 17.0 Å². The van der Waals surface area contributed by atoms with E-state index in [1.54, 1.807) is 0 Å². The van der Waals surface area contributed by atoms with Crippen LogP contribution in [-0.2, 0) is 4.74 Å². The van der Waals surface area contributed by atoms with Crippen LogP contribution in [0.5, 0.6) is 0 Å². The molecule has 0 aromatic carbocycles. The lowest BCUT2D eigenvalue weighted by Gasteiger charge is -2.26. The first-order chi connectivity index (χ1) is 5.79. The summed E-state index contributed by atoms with van der Waals surface area (Å²) in [7, 11) is 0. The maximum Gasteiger partial charge on any atom is 0.0594 e. The molecule has 1 unspecified atom stereocenters. The van der Waals surface area contributed by atoms with Gasteiger partial charge < -0.3 is 4.74 Å². The standard InChI is InChI=1S/C9H18INO/c1-9(10)3-2-4-11-5-7-12-8-6-11/h9H,2-8H2,1H3. The van der Waals surface area contributed by atoms with Crippen molar-refractivity contribution in [3.63, 3.8) is 0 Å². The first kappa shape index (κ1) is 10.7. The van der Waals surface area contributed by atoms with Crippen LogP contribution >= 0.6 is 22.6 Å². The third-order valence-corrected chi connectivity index (χ3v) is 2.80. The fraction of sp³-hybridized carbons (Fsp3) is 1.00. The van der Waals surface area contributed by atoms with Crippen molar-refractivity contribution < 1.29 is 4.74 Å². The molecule has 1 saturated heterocycles. The molecule has 0 aromatic heterocycles. The van der Waals surface area contributed by atoms with Gasteiger partial charge in [-0.05, 0) is 19.4 Å². The summed E-state index contributed by atoms with van der Waals surface area (Å²) < 4.78 is 6.11. The number of morpholine rings is 1. The van der Waals surface area contributed by atoms with E-state index in [9.17, 15) is 0 Å². The molecule has 0 amide bonds. The van der Waals surface area contributed by atoms with Gasteiger partial charge >= 0.3 is 0 Å². The summed E-state index contributed by atoms with van der Waals surface area (Å²) in [5, 5.41) is 0. The predicted octanol–water partition coefficient (Wildman–Crippen LogP) is 1.92. The van der Waals surface area contributed by atoms with E-state index in [0.29, 0.717) is 0 Å². The molecule has 1 heterocycles. The lowest BCUT2D eigenvalue weighted by molar-refractivity contribution is 0.0372. The molecule has 0 N–H and O–H groups in total. The molecule has 72 valence electrons. The van der Waals surface area contributed by atoms with Crippen molar-refractivity contribution in [2.24, 2.45) is 0 Å². The molecule has 0 aromatic rings. The van der Waals surface area contributed by atoms with E-state index < -0.39 is 0 Å². The summed E-state index contributed by atoms with van der Waals surface area (Å²) in [5.41, 5.74) is 0. The second kappa shape index (κ2) is 6.16. The monoisotopic (exact) mass is 283 g/mol. The maximum atomic E-state index is 5.28. The normalized spacial score (nSPS) is 22.5. The molecule has 3 heteroatoms. The van der Waals surface area contributed by atoms with Crippen LogP contribution in [0, 0.1) is 0 Å². The quantitative estimate of drug-likeness (QED) is 0.577. The molecule has 1 atom stereocenters. The van der Waals surface area contributed by atoms with E-state index in [1.165, 1.54) is 19.4 Å². The van der Waals surface area contributed by atoms with Crippen molar-refractivity contribution in [2.75, 3.05) is 32.8 Å². The Morgan fingerprint density at radius 3 is 2.67 bits per heavy atom. The van der Waals surface area contributed by atoms with Crippen LogP contribution in [0.1, 0.15) is 19.8 Å². The fourth-order valence-corrected chi connectivity index (χ4v) is 1.86. The Bertz CT molecular complexity index is 113. The Balaban J connectivity index is 1.98. The Kier molecular flexibility index (Phi) is 5.50. The lowest BCUT2D eigenvalue weighted by atomic mass is 10.2. The van der Waals surface area contributed by atoms with Crippen molar-refractivity contribution in [1.29, 1.82) is 0 Å². The van der Waals surface area contributed by atoms with Gasteiger partial charge in [-0.1, -0.05) is 29.5 Å². The van der Waals surface area contributed by atoms with Crippen LogP contribution in [0.15, 0.2) is 0 Å². The van der Waals surface area contributed by atoms with E-state index >= 15 is 0 Å². The fourth-order valence-electron chi connectivity index (χ4n) is 1.42. The average molecular weight is 283 g/mol. The van der Waals surface area contributed by atoms with Crippen LogP contribution in [-0.4, -0.2) is 41.7 Å². The summed E-state index contributed by atoms with van der Waals surface area (Å²) >= 11 is 2.49. The third kappa shape index (κ3) is 4.62. The molecular weight excluding hydrogens is 265 g/mol. The largest absolute Gasteiger partial charge is 0.379 e. The molecule has 2 nitrogen and oxygen atoms in total. The third-order valence-electron chi connectivity index (χ3n) is 2.18. The Labute approximate surface area is 88.8 Å². The zero-order valence-electron chi connectivity index (χ0n) is 7.76. The minimum absolute atomic E-state index is 0.823. The zero-order valence-corrected chi connectivity index (χ0v) is 9.92. The highest BCUT2D eigenvalue weighted by atomic mass is 127. The SMILES string of the molecule is CC(I)CCCN1CCOCC1. The average Bonchev–Trinajstić information content (AvgIpc) is 2.05. The first-order valence-corrected chi connectivity index (χ1v) is 5.98. The van der Waals surface area contributed by atoms with E-state index in [0.717, 1.165) is 30.2 Å². The summed E-state index contributed by atoms with van der Waals surface area (Å²) in [6.07, 6.45) is 2.68. The topological polar surface area (TPSA) is 12.5 Å². The number of ether oxygens (including phenoxy) is 1. The molecule has 0 saturated carbocycles. The van der Waals surface area contributed by atoms with Crippen molar-refractivity contribution in [2.45, 2.75) is 23.7 Å². The minimum Gasteiger partial charge on any atom is -0.379 e. The molecule has 1 rings (SSSR count). The van der Waals surface area contributed by atoms with Gasteiger partial charge in [0.05, 0.1) is 13.2 Å². The van der Waals surface area contributed by atoms with E-state index in [-0.39, 0.29) is 0 Å². The minimum atomic E-state index is 0.823. The van der Waals surface area contributed by atoms with E-state index in [2.05, 4.69) is 34.4 Å². The van der Waals surface area contributed by atoms with Gasteiger partial charge in [-0.15, -0.1) is 0 Å². The van der Waals surface area contributed by atoms with Gasteiger partial charge in [0.25, 0.3) is 0 Å². The second-order valence-electron chi connectivity index (χ2n) is 3.38. The van der Waals surface area contributed by atoms with Crippen LogP contribution in [0.3, 0.4) is 0 Å². The highest BCUT2D eigenvalue weighted by molar-refractivity contribution is 14.1. The highest BCUT2D eigenvalue weighted by Crippen LogP contribution is 2.08. The zero-order chi connectivity index (χ0) is 8.81. The molecule has 1 fully saturated rings. The molecule has 1 aliphatic rings. The molecular formula is C9H18INO. The van der Waals surface area contributed by atoms with Gasteiger partial charge in [0.15, 0.2) is 0 Å². The number of alkyl halides is 1. The molecule has 1 aliphatic heterocycles. The van der Waals surface area contributed by atoms with Gasteiger partial charge in [-0.2, -0.15) is 0 Å². The molecule has 12 heavy (non-hydrogen) atoms. The van der Waals surface area contributed by atoms with E-state index in [4.69, 9.17) is 4.74 Å². The summed E-state index contributed by atoms with van der Waals surface area (Å²) in [6, 6.07) is 0. The first-order valence-electron chi connectivity index (χ1n) is 4.73. The lowest BCUT2D eigenvalue weighted by Crippen LogP contribution is -2.36. The summed E-state index contributed by atoms with van der Waals surface area (Å²) in [4.78, 5) is 2.50. The van der Waals surface area contributed by atoms with E-state index in [1.807, 2.05) is 0 Å². The van der Waals surface area contributed by atoms with Gasteiger partial charge in [-0.3, -0.25) is 4.90 Å². The van der Waals surface area contributed by atoms with Crippen molar-refractivity contribution in [1.82, 2.24) is 4.90 Å². The van der Waals surface area contributed by atoms with Gasteiger partial charge in [0.1, 0.15) is 0 Å². The Morgan fingerprint density at radius 1 is 1.42 bits per heavy atom. The van der Waals surface area contributed by atoms with Crippen molar-refractivity contribution in [3.8, 4) is 0 Å². The molecule has 0 aliphatic carbocycles. The summed E-state index contributed by atoms with van der Waals surface area (Å²) in [5.74, 6) is 0. The number of rotatable bonds is 4. The van der Waals surface area contributed by atoms with Crippen molar-refractivity contribution in [3.05, 3.63) is 0 Å². The van der Waals surface area contributed by atoms with Gasteiger partial charge in [0.2, 0.25) is 0 Å². The van der Waals surface area contributed by atoms with Gasteiger partial charge in [-0.25, -0.2) is 0 Å². The molecule has 0 radical (unpaired) electrons. The molecule has 0 bridgehead atoms. The number of hydrogen-bond acceptors (Lipinski definition) is 2. The molecule has 0 spiro atoms. The summed E-state index contributed by atoms with van der Waals surface area (Å²) in [6.45, 7) is 7.67. The van der Waals surface area contributed by atoms with Crippen LogP contribution < -0.4 is 0 Å². The smallest absolute Gasteiger partial charge is 0.0594 e. The maximum absolute atomic E-state index is 5.28. The number of hydrogen-bond donors (Lipinski definition) is 0. The van der Waals surface area contributed by atoms with Crippen LogP contribution in [0.2, 0.25) is 0 Å².